The Morgan fingerprint density at radius 2 is 0.926 bits per heavy atom. The zero-order valence-electron chi connectivity index (χ0n) is 83.2. The number of fused-ring (bicyclic) bond motifs is 2. The normalized spacial score (nSPS) is 21.4. The van der Waals surface area contributed by atoms with Crippen molar-refractivity contribution in [2.75, 3.05) is 131 Å². The summed E-state index contributed by atoms with van der Waals surface area (Å²) in [6, 6.07) is 5.99. The predicted molar refractivity (Wildman–Crippen MR) is 494 cm³/mol. The van der Waals surface area contributed by atoms with Crippen molar-refractivity contribution in [1.29, 1.82) is 0 Å². The second-order valence-electron chi connectivity index (χ2n) is 44.6. The van der Waals surface area contributed by atoms with Crippen LogP contribution in [0.1, 0.15) is 293 Å². The molecule has 27 heteroatoms. The third-order valence-corrected chi connectivity index (χ3v) is 22.9. The lowest BCUT2D eigenvalue weighted by molar-refractivity contribution is -0.135. The van der Waals surface area contributed by atoms with Crippen molar-refractivity contribution in [2.45, 2.75) is 380 Å². The number of aromatic hydroxyl groups is 1. The summed E-state index contributed by atoms with van der Waals surface area (Å²) in [6.45, 7) is 81.5. The summed E-state index contributed by atoms with van der Waals surface area (Å²) in [5, 5.41) is 75.7. The first kappa shape index (κ1) is 118. The van der Waals surface area contributed by atoms with Gasteiger partial charge in [0.05, 0.1) is 119 Å². The number of carbonyl (C=O) groups is 3. The molecule has 4 aliphatic rings. The number of aliphatic hydroxyl groups excluding tert-OH is 5. The van der Waals surface area contributed by atoms with Gasteiger partial charge in [0.2, 0.25) is 11.8 Å². The van der Waals surface area contributed by atoms with Crippen LogP contribution in [0, 0.1) is 27.1 Å². The third-order valence-electron chi connectivity index (χ3n) is 20.9. The Morgan fingerprint density at radius 3 is 1.35 bits per heavy atom. The van der Waals surface area contributed by atoms with Crippen molar-refractivity contribution in [2.24, 2.45) is 27.1 Å². The van der Waals surface area contributed by atoms with Gasteiger partial charge < -0.3 is 94.7 Å². The van der Waals surface area contributed by atoms with Gasteiger partial charge >= 0.3 is 7.60 Å². The smallest absolute Gasteiger partial charge is 0.332 e. The van der Waals surface area contributed by atoms with Gasteiger partial charge in [-0.3, -0.25) is 34.1 Å². The Morgan fingerprint density at radius 1 is 0.488 bits per heavy atom. The number of hydrogen-bond acceptors (Lipinski definition) is 23. The lowest BCUT2D eigenvalue weighted by Gasteiger charge is -2.54. The van der Waals surface area contributed by atoms with E-state index in [1.54, 1.807) is 19.1 Å². The first-order chi connectivity index (χ1) is 54.9. The third kappa shape index (κ3) is 50.9. The molecule has 0 aromatic heterocycles. The van der Waals surface area contributed by atoms with Crippen LogP contribution in [-0.4, -0.2) is 276 Å². The van der Waals surface area contributed by atoms with E-state index in [1.165, 1.54) is 12.8 Å². The van der Waals surface area contributed by atoms with Crippen molar-refractivity contribution in [1.82, 2.24) is 41.7 Å². The van der Waals surface area contributed by atoms with Crippen LogP contribution < -0.4 is 31.9 Å². The van der Waals surface area contributed by atoms with Crippen molar-refractivity contribution in [3.63, 3.8) is 0 Å². The van der Waals surface area contributed by atoms with Crippen LogP contribution >= 0.6 is 7.60 Å². The molecule has 9 atom stereocenters. The number of ether oxygens (including phenoxy) is 6. The summed E-state index contributed by atoms with van der Waals surface area (Å²) in [7, 11) is -3.18. The number of rotatable bonds is 38. The quantitative estimate of drug-likeness (QED) is 0.0166. The number of hydrogen-bond donors (Lipinski definition) is 12. The van der Waals surface area contributed by atoms with Gasteiger partial charge in [0, 0.05) is 103 Å². The number of phenolic OH excluding ortho intramolecular Hbond substituents is 1. The molecule has 121 heavy (non-hydrogen) atoms. The molecule has 5 rings (SSSR count). The molecule has 1 aromatic carbocycles. The number of carbonyl (C=O) groups excluding carboxylic acids is 3. The molecular weight excluding hydrogens is 1560 g/mol. The maximum absolute atomic E-state index is 12.5. The Hall–Kier alpha value is -3.32. The molecule has 2 heterocycles. The second-order valence-corrected chi connectivity index (χ2v) is 46.8. The van der Waals surface area contributed by atoms with Crippen LogP contribution in [-0.2, 0) is 62.8 Å². The highest BCUT2D eigenvalue weighted by atomic mass is 31.2. The van der Waals surface area contributed by atoms with Gasteiger partial charge in [0.25, 0.3) is 5.91 Å². The minimum absolute atomic E-state index is 0.0117. The Labute approximate surface area is 736 Å². The monoisotopic (exact) mass is 1750 g/mol. The van der Waals surface area contributed by atoms with E-state index in [9.17, 15) is 44.5 Å². The summed E-state index contributed by atoms with van der Waals surface area (Å²) >= 11 is 0. The number of benzene rings is 1. The minimum atomic E-state index is -3.18. The molecule has 3 fully saturated rings. The van der Waals surface area contributed by atoms with Crippen molar-refractivity contribution in [3.8, 4) is 5.75 Å². The largest absolute Gasteiger partial charge is 0.508 e. The molecule has 2 aliphatic heterocycles. The van der Waals surface area contributed by atoms with Gasteiger partial charge in [0.1, 0.15) is 11.8 Å². The lowest BCUT2D eigenvalue weighted by Crippen LogP contribution is -2.56. The number of amides is 3. The lowest BCUT2D eigenvalue weighted by atomic mass is 9.50. The van der Waals surface area contributed by atoms with E-state index in [4.69, 9.17) is 42.6 Å². The van der Waals surface area contributed by atoms with Gasteiger partial charge in [-0.05, 0) is 301 Å². The topological polar surface area (TPSA) is 342 Å². The van der Waals surface area contributed by atoms with Crippen LogP contribution in [0.3, 0.4) is 0 Å². The molecule has 1 aromatic rings. The Balaban J connectivity index is 0.00000143. The number of phenols is 1. The molecule has 0 radical (unpaired) electrons. The van der Waals surface area contributed by atoms with Crippen LogP contribution in [0.15, 0.2) is 36.4 Å². The molecular formula is C94H185N8O18P. The van der Waals surface area contributed by atoms with Crippen LogP contribution in [0.5, 0.6) is 5.75 Å². The standard InChI is InChI=1S/C19H32N2O3.C17H33NO2.C17H31NO2.C14H30N2O3.C14H29NO3.C13H30NO5P/c1-18(2,3)21-16(13-14-7-9-15(22)10-8-14)17(23)20-11-12-24-19(4,5)6;1-14(2,3)18-11-16(9-10-20-15(4,5)6)7-8-17(16,12-18)13-19;1-14(2)20-13-17-9-7-6-8-16(17,12-19)10-18(11-17)15(3,4)5;1-10(17)11(16-13(2,3)4)12(18)15-8-9-19-14(5,6)7;1-13(2,3)8-7-9-15-12(17)11(16)10-18-14(4,5)6;1-12(2)17-9-10-19-20(16,18-8-7-15)11-6-14-13(3,4)5/h7-10,16,21-22H,11-13H2,1-6H3,(H,20,23);19H,7-13H2,1-6H3;6-7,14,19H,8-13H2,1-5H3;10-11,16-17H,8-9H2,1-7H3,(H,15,18);11,16H,7-10H2,1-6H3,(H,15,17);12,14-15H,6-11H2,1-5H3/t16-;;;10-,11+;;/m0..1../s1. The molecule has 1 saturated carbocycles. The summed E-state index contributed by atoms with van der Waals surface area (Å²) < 4.78 is 56.8. The average molecular weight is 1750 g/mol. The molecule has 3 amide bonds. The van der Waals surface area contributed by atoms with E-state index in [0.717, 1.165) is 77.1 Å². The highest BCUT2D eigenvalue weighted by Gasteiger charge is 2.64. The zero-order chi connectivity index (χ0) is 93.9. The van der Waals surface area contributed by atoms with Crippen LogP contribution in [0.2, 0.25) is 0 Å². The Kier molecular flexibility index (Phi) is 50.3. The molecule has 0 spiro atoms. The second kappa shape index (κ2) is 51.8. The number of nitrogens with zero attached hydrogens (tertiary/aromatic N) is 2. The number of aliphatic hydroxyl groups is 5. The molecule has 12 N–H and O–H groups in total. The zero-order valence-corrected chi connectivity index (χ0v) is 84.0. The average Bonchev–Trinajstić information content (AvgIpc) is 1.55. The fourth-order valence-electron chi connectivity index (χ4n) is 14.0. The first-order valence-corrected chi connectivity index (χ1v) is 46.5. The number of likely N-dealkylation sites (tertiary alicyclic amines) is 2. The van der Waals surface area contributed by atoms with E-state index < -0.39 is 25.8 Å². The highest BCUT2D eigenvalue weighted by Crippen LogP contribution is 2.64. The van der Waals surface area contributed by atoms with Gasteiger partial charge in [-0.2, -0.15) is 0 Å². The molecule has 714 valence electrons. The van der Waals surface area contributed by atoms with Crippen molar-refractivity contribution in [3.05, 3.63) is 42.0 Å². The van der Waals surface area contributed by atoms with Crippen molar-refractivity contribution < 1.29 is 87.1 Å². The van der Waals surface area contributed by atoms with E-state index in [2.05, 4.69) is 151 Å². The van der Waals surface area contributed by atoms with Crippen molar-refractivity contribution >= 4 is 25.3 Å². The number of nitrogens with one attached hydrogen (secondary N) is 6. The highest BCUT2D eigenvalue weighted by molar-refractivity contribution is 7.53. The molecule has 26 nitrogen and oxygen atoms in total. The predicted octanol–water partition coefficient (Wildman–Crippen LogP) is 13.7. The maximum Gasteiger partial charge on any atom is 0.332 e. The molecule has 6 unspecified atom stereocenters. The van der Waals surface area contributed by atoms with Crippen LogP contribution in [0.4, 0.5) is 0 Å². The van der Waals surface area contributed by atoms with Crippen LogP contribution in [0.25, 0.3) is 0 Å². The van der Waals surface area contributed by atoms with E-state index in [1.807, 2.05) is 151 Å². The maximum atomic E-state index is 12.5. The van der Waals surface area contributed by atoms with E-state index in [0.29, 0.717) is 59.0 Å². The molecule has 2 saturated heterocycles. The Bertz CT molecular complexity index is 3110. The minimum Gasteiger partial charge on any atom is -0.508 e. The van der Waals surface area contributed by atoms with Gasteiger partial charge in [-0.1, -0.05) is 45.1 Å². The fraction of sp³-hybridized carbons (Fsp3) is 0.883. The fourth-order valence-corrected chi connectivity index (χ4v) is 15.5. The SMILES string of the molecule is CC(C)(C)CCCNC(=O)C(O)COC(C)(C)C.CC(C)(C)N[C@@H](Cc1ccc(O)cc1)C(=O)NCCOC(C)(C)C.CC(C)(C)OCCC12CCC1(CO)CN(C(C)(C)C)C2.CC(C)OCC12CC=CCC1(CO)CN(C(C)(C)C)C2.CC(C)OCCOP(=O)(CCNC(C)(C)C)OCCO.C[C@@H](O)[C@H](NC(C)(C)C)C(=O)NCCOC(C)(C)C. The molecule has 0 bridgehead atoms. The van der Waals surface area contributed by atoms with Gasteiger partial charge in [0.15, 0.2) is 6.10 Å². The summed E-state index contributed by atoms with van der Waals surface area (Å²) in [4.78, 5) is 41.2. The summed E-state index contributed by atoms with van der Waals surface area (Å²) in [6.07, 6.45) is 11.3. The number of allylic oxidation sites excluding steroid dienone is 2. The van der Waals surface area contributed by atoms with Gasteiger partial charge in [-0.25, -0.2) is 0 Å². The summed E-state index contributed by atoms with van der Waals surface area (Å²) in [5.74, 6) is -0.381. The summed E-state index contributed by atoms with van der Waals surface area (Å²) in [5.41, 5.74) is 0.746. The van der Waals surface area contributed by atoms with Gasteiger partial charge in [-0.15, -0.1) is 0 Å². The van der Waals surface area contributed by atoms with E-state index >= 15 is 0 Å². The molecule has 2 aliphatic carbocycles. The van der Waals surface area contributed by atoms with E-state index in [-0.39, 0.29) is 158 Å². The first-order valence-electron chi connectivity index (χ1n) is 44.8.